The largest absolute Gasteiger partial charge is 0.370 e. The normalized spacial score (nSPS) is 16.9. The van der Waals surface area contributed by atoms with Crippen LogP contribution in [0.2, 0.25) is 0 Å². The molecule has 0 aromatic carbocycles. The second-order valence-corrected chi connectivity index (χ2v) is 7.40. The molecule has 3 heteroatoms. The summed E-state index contributed by atoms with van der Waals surface area (Å²) >= 11 is 0. The Bertz CT molecular complexity index is 338. The number of nitrogens with one attached hydrogen (secondary N) is 1. The number of hydrogen-bond donors (Lipinski definition) is 2. The van der Waals surface area contributed by atoms with E-state index in [9.17, 15) is 0 Å². The lowest BCUT2D eigenvalue weighted by molar-refractivity contribution is 0.264. The van der Waals surface area contributed by atoms with Gasteiger partial charge < -0.3 is 16.0 Å². The van der Waals surface area contributed by atoms with Crippen molar-refractivity contribution in [2.45, 2.75) is 103 Å². The summed E-state index contributed by atoms with van der Waals surface area (Å²) in [6.45, 7) is 3.95. The third-order valence-corrected chi connectivity index (χ3v) is 5.08. The van der Waals surface area contributed by atoms with Gasteiger partial charge >= 0.3 is 0 Å². The smallest absolute Gasteiger partial charge is 0.0981 e. The fraction of sp³-hybridized carbons (Fsp3) is 0.818. The maximum absolute atomic E-state index is 5.65. The molecule has 3 N–H and O–H groups in total. The van der Waals surface area contributed by atoms with Crippen molar-refractivity contribution in [3.63, 3.8) is 0 Å². The summed E-state index contributed by atoms with van der Waals surface area (Å²) in [5.41, 5.74) is 5.65. The van der Waals surface area contributed by atoms with Crippen molar-refractivity contribution in [2.24, 2.45) is 5.73 Å². The molecule has 1 aliphatic rings. The maximum Gasteiger partial charge on any atom is 0.0981 e. The highest BCUT2D eigenvalue weighted by atomic mass is 15.3. The highest BCUT2D eigenvalue weighted by Gasteiger charge is 2.16. The van der Waals surface area contributed by atoms with Crippen LogP contribution in [0.5, 0.6) is 0 Å². The average Bonchev–Trinajstić information content (AvgIpc) is 3.06. The highest BCUT2D eigenvalue weighted by molar-refractivity contribution is 4.94. The molecule has 0 aromatic rings. The lowest BCUT2D eigenvalue weighted by Crippen LogP contribution is -2.37. The van der Waals surface area contributed by atoms with Gasteiger partial charge in [-0.25, -0.2) is 0 Å². The lowest BCUT2D eigenvalue weighted by atomic mass is 10.0. The average molecular weight is 350 g/mol. The Morgan fingerprint density at radius 1 is 0.880 bits per heavy atom. The van der Waals surface area contributed by atoms with E-state index in [0.29, 0.717) is 6.17 Å². The van der Waals surface area contributed by atoms with Crippen LogP contribution >= 0.6 is 0 Å². The van der Waals surface area contributed by atoms with E-state index in [1.54, 1.807) is 0 Å². The van der Waals surface area contributed by atoms with Gasteiger partial charge in [-0.2, -0.15) is 0 Å². The van der Waals surface area contributed by atoms with E-state index >= 15 is 0 Å². The topological polar surface area (TPSA) is 41.3 Å². The fourth-order valence-electron chi connectivity index (χ4n) is 3.47. The van der Waals surface area contributed by atoms with Gasteiger partial charge in [-0.3, -0.25) is 0 Å². The first-order valence-electron chi connectivity index (χ1n) is 10.9. The molecule has 0 radical (unpaired) electrons. The molecular weight excluding hydrogens is 306 g/mol. The van der Waals surface area contributed by atoms with Gasteiger partial charge in [0, 0.05) is 25.5 Å². The summed E-state index contributed by atoms with van der Waals surface area (Å²) < 4.78 is 0. The van der Waals surface area contributed by atoms with E-state index in [4.69, 9.17) is 5.73 Å². The Morgan fingerprint density at radius 2 is 1.48 bits per heavy atom. The highest BCUT2D eigenvalue weighted by Crippen LogP contribution is 2.15. The molecule has 3 nitrogen and oxygen atoms in total. The van der Waals surface area contributed by atoms with Crippen molar-refractivity contribution in [3.05, 3.63) is 24.6 Å². The van der Waals surface area contributed by atoms with Crippen LogP contribution in [0.1, 0.15) is 96.8 Å². The molecule has 0 fully saturated rings. The van der Waals surface area contributed by atoms with Crippen molar-refractivity contribution in [1.82, 2.24) is 10.2 Å². The Morgan fingerprint density at radius 3 is 2.12 bits per heavy atom. The van der Waals surface area contributed by atoms with Crippen molar-refractivity contribution in [3.8, 4) is 0 Å². The van der Waals surface area contributed by atoms with Crippen molar-refractivity contribution in [1.29, 1.82) is 0 Å². The van der Waals surface area contributed by atoms with Gasteiger partial charge in [-0.1, -0.05) is 76.9 Å². The van der Waals surface area contributed by atoms with E-state index in [0.717, 1.165) is 13.1 Å². The van der Waals surface area contributed by atoms with E-state index in [2.05, 4.69) is 41.7 Å². The Balaban J connectivity index is 1.78. The van der Waals surface area contributed by atoms with E-state index in [-0.39, 0.29) is 0 Å². The van der Waals surface area contributed by atoms with Crippen LogP contribution in [-0.2, 0) is 0 Å². The van der Waals surface area contributed by atoms with Crippen LogP contribution in [0.25, 0.3) is 0 Å². The minimum absolute atomic E-state index is 0.486. The molecule has 1 rings (SSSR count). The molecule has 1 atom stereocenters. The van der Waals surface area contributed by atoms with E-state index in [1.807, 2.05) is 0 Å². The van der Waals surface area contributed by atoms with Crippen LogP contribution in [0.4, 0.5) is 0 Å². The lowest BCUT2D eigenvalue weighted by Gasteiger charge is -2.25. The van der Waals surface area contributed by atoms with Gasteiger partial charge in [-0.15, -0.1) is 0 Å². The van der Waals surface area contributed by atoms with Crippen LogP contribution < -0.4 is 11.1 Å². The molecule has 1 aliphatic heterocycles. The van der Waals surface area contributed by atoms with Crippen molar-refractivity contribution in [2.75, 3.05) is 13.1 Å². The van der Waals surface area contributed by atoms with Gasteiger partial charge in [-0.05, 0) is 32.1 Å². The van der Waals surface area contributed by atoms with Gasteiger partial charge in [0.1, 0.15) is 0 Å². The summed E-state index contributed by atoms with van der Waals surface area (Å²) in [6, 6.07) is 0. The second-order valence-electron chi connectivity index (χ2n) is 7.40. The molecule has 146 valence electrons. The molecule has 0 aromatic heterocycles. The summed E-state index contributed by atoms with van der Waals surface area (Å²) in [5.74, 6) is 0. The zero-order valence-electron chi connectivity index (χ0n) is 16.7. The van der Waals surface area contributed by atoms with Crippen molar-refractivity contribution < 1.29 is 0 Å². The summed E-state index contributed by atoms with van der Waals surface area (Å²) in [4.78, 5) is 2.33. The molecule has 0 spiro atoms. The molecule has 0 saturated carbocycles. The number of rotatable bonds is 17. The van der Waals surface area contributed by atoms with E-state index in [1.165, 1.54) is 89.9 Å². The van der Waals surface area contributed by atoms with Crippen LogP contribution in [-0.4, -0.2) is 24.2 Å². The van der Waals surface area contributed by atoms with E-state index < -0.39 is 0 Å². The standard InChI is InChI=1S/C22H43N3/c1-2-3-4-5-6-7-8-9-10-11-12-13-14-15-16-17-22-24-19-21-25(22)20-18-23/h5-6,19,21-22,24H,2-4,7-18,20,23H2,1H3/b6-5+. The Labute approximate surface area is 157 Å². The fourth-order valence-corrected chi connectivity index (χ4v) is 3.47. The van der Waals surface area contributed by atoms with Gasteiger partial charge in [0.2, 0.25) is 0 Å². The number of hydrogen-bond acceptors (Lipinski definition) is 3. The first-order valence-corrected chi connectivity index (χ1v) is 10.9. The Hall–Kier alpha value is -0.960. The number of nitrogens with zero attached hydrogens (tertiary/aromatic N) is 1. The molecule has 1 unspecified atom stereocenters. The maximum atomic E-state index is 5.65. The summed E-state index contributed by atoms with van der Waals surface area (Å²) in [5, 5.41) is 3.43. The summed E-state index contributed by atoms with van der Waals surface area (Å²) in [7, 11) is 0. The van der Waals surface area contributed by atoms with Gasteiger partial charge in [0.15, 0.2) is 0 Å². The number of nitrogens with two attached hydrogens (primary N) is 1. The zero-order chi connectivity index (χ0) is 18.0. The third kappa shape index (κ3) is 12.1. The molecule has 0 bridgehead atoms. The minimum atomic E-state index is 0.486. The Kier molecular flexibility index (Phi) is 14.6. The monoisotopic (exact) mass is 349 g/mol. The van der Waals surface area contributed by atoms with Gasteiger partial charge in [0.05, 0.1) is 6.17 Å². The zero-order valence-corrected chi connectivity index (χ0v) is 16.7. The van der Waals surface area contributed by atoms with Crippen molar-refractivity contribution >= 4 is 0 Å². The SMILES string of the molecule is CCCC/C=C/CCCCCCCCCCCC1NC=CN1CCN. The summed E-state index contributed by atoms with van der Waals surface area (Å²) in [6.07, 6.45) is 28.5. The van der Waals surface area contributed by atoms with Crippen LogP contribution in [0, 0.1) is 0 Å². The number of allylic oxidation sites excluding steroid dienone is 2. The number of unbranched alkanes of at least 4 members (excludes halogenated alkanes) is 11. The first-order chi connectivity index (χ1) is 12.4. The predicted octanol–water partition coefficient (Wildman–Crippen LogP) is 5.69. The molecule has 1 heterocycles. The molecular formula is C22H43N3. The molecule has 0 amide bonds. The third-order valence-electron chi connectivity index (χ3n) is 5.08. The second kappa shape index (κ2) is 16.5. The minimum Gasteiger partial charge on any atom is -0.370 e. The quantitative estimate of drug-likeness (QED) is 0.262. The van der Waals surface area contributed by atoms with Gasteiger partial charge in [0.25, 0.3) is 0 Å². The first kappa shape index (κ1) is 22.1. The molecule has 25 heavy (non-hydrogen) atoms. The molecule has 0 aliphatic carbocycles. The van der Waals surface area contributed by atoms with Crippen LogP contribution in [0.15, 0.2) is 24.6 Å². The van der Waals surface area contributed by atoms with Crippen LogP contribution in [0.3, 0.4) is 0 Å². The molecule has 0 saturated heterocycles. The predicted molar refractivity (Wildman–Crippen MR) is 111 cm³/mol.